The van der Waals surface area contributed by atoms with Crippen LogP contribution in [0.4, 0.5) is 5.82 Å². The molecular formula is C17H24N4O. The van der Waals surface area contributed by atoms with Gasteiger partial charge in [-0.3, -0.25) is 0 Å². The van der Waals surface area contributed by atoms with Gasteiger partial charge in [0, 0.05) is 26.2 Å². The van der Waals surface area contributed by atoms with Crippen LogP contribution < -0.4 is 9.64 Å². The first-order valence-corrected chi connectivity index (χ1v) is 8.33. The Kier molecular flexibility index (Phi) is 4.99. The normalized spacial score (nSPS) is 19.8. The van der Waals surface area contributed by atoms with E-state index in [0.29, 0.717) is 5.92 Å². The van der Waals surface area contributed by atoms with E-state index >= 15 is 0 Å². The maximum atomic E-state index is 8.85. The number of ether oxygens (including phenoxy) is 1. The lowest BCUT2D eigenvalue weighted by Crippen LogP contribution is -2.32. The van der Waals surface area contributed by atoms with Gasteiger partial charge in [0.15, 0.2) is 6.19 Å². The van der Waals surface area contributed by atoms with Crippen molar-refractivity contribution >= 4 is 5.82 Å². The van der Waals surface area contributed by atoms with Gasteiger partial charge in [0.25, 0.3) is 0 Å². The summed E-state index contributed by atoms with van der Waals surface area (Å²) in [5.41, 5.74) is 0. The largest absolute Gasteiger partial charge is 0.492 e. The van der Waals surface area contributed by atoms with Gasteiger partial charge in [-0.25, -0.2) is 4.98 Å². The summed E-state index contributed by atoms with van der Waals surface area (Å²) in [6.07, 6.45) is 9.99. The van der Waals surface area contributed by atoms with E-state index in [1.54, 1.807) is 0 Å². The Balaban J connectivity index is 1.46. The third-order valence-electron chi connectivity index (χ3n) is 4.64. The second-order valence-electron chi connectivity index (χ2n) is 6.24. The van der Waals surface area contributed by atoms with Gasteiger partial charge in [-0.2, -0.15) is 5.26 Å². The number of aromatic nitrogens is 1. The smallest absolute Gasteiger partial charge is 0.179 e. The minimum absolute atomic E-state index is 0.548. The molecule has 3 heterocycles. The molecule has 5 heteroatoms. The number of nitrogens with zero attached hydrogens (tertiary/aromatic N) is 4. The topological polar surface area (TPSA) is 52.4 Å². The fourth-order valence-corrected chi connectivity index (χ4v) is 3.18. The summed E-state index contributed by atoms with van der Waals surface area (Å²) < 4.78 is 5.87. The lowest BCUT2D eigenvalue weighted by Gasteiger charge is -2.28. The Bertz CT molecular complexity index is 496. The highest BCUT2D eigenvalue weighted by molar-refractivity contribution is 5.41. The fraction of sp³-hybridized carbons (Fsp3) is 0.647. The highest BCUT2D eigenvalue weighted by Crippen LogP contribution is 2.22. The van der Waals surface area contributed by atoms with Gasteiger partial charge in [-0.1, -0.05) is 0 Å². The zero-order chi connectivity index (χ0) is 15.2. The summed E-state index contributed by atoms with van der Waals surface area (Å²) in [5.74, 6) is 2.46. The molecule has 0 spiro atoms. The molecule has 0 radical (unpaired) electrons. The lowest BCUT2D eigenvalue weighted by molar-refractivity contribution is 0.175. The summed E-state index contributed by atoms with van der Waals surface area (Å²) >= 11 is 0. The molecule has 5 nitrogen and oxygen atoms in total. The van der Waals surface area contributed by atoms with Crippen molar-refractivity contribution in [2.75, 3.05) is 37.7 Å². The molecule has 0 aromatic carbocycles. The monoisotopic (exact) mass is 300 g/mol. The first kappa shape index (κ1) is 15.0. The van der Waals surface area contributed by atoms with E-state index in [1.807, 2.05) is 17.2 Å². The molecule has 2 saturated heterocycles. The van der Waals surface area contributed by atoms with E-state index in [-0.39, 0.29) is 0 Å². The molecule has 0 unspecified atom stereocenters. The van der Waals surface area contributed by atoms with Crippen LogP contribution in [-0.4, -0.2) is 42.7 Å². The average molecular weight is 300 g/mol. The standard InChI is InChI=1S/C17H24N4O/c18-14-20-10-6-15(7-11-20)13-22-16-4-5-17(19-12-16)21-8-2-1-3-9-21/h4-5,12,15H,1-3,6-11,13H2. The zero-order valence-electron chi connectivity index (χ0n) is 13.1. The van der Waals surface area contributed by atoms with Crippen molar-refractivity contribution in [2.24, 2.45) is 5.92 Å². The average Bonchev–Trinajstić information content (AvgIpc) is 2.61. The van der Waals surface area contributed by atoms with Gasteiger partial charge < -0.3 is 14.5 Å². The first-order valence-electron chi connectivity index (χ1n) is 8.33. The maximum absolute atomic E-state index is 8.85. The summed E-state index contributed by atoms with van der Waals surface area (Å²) in [4.78, 5) is 8.72. The van der Waals surface area contributed by atoms with Crippen LogP contribution in [0.15, 0.2) is 18.3 Å². The Labute approximate surface area is 132 Å². The molecule has 0 aliphatic carbocycles. The molecule has 0 bridgehead atoms. The summed E-state index contributed by atoms with van der Waals surface area (Å²) in [6.45, 7) is 4.67. The van der Waals surface area contributed by atoms with Crippen molar-refractivity contribution < 1.29 is 4.74 Å². The fourth-order valence-electron chi connectivity index (χ4n) is 3.18. The van der Waals surface area contributed by atoms with E-state index in [1.165, 1.54) is 19.3 Å². The van der Waals surface area contributed by atoms with Crippen LogP contribution in [0.3, 0.4) is 0 Å². The Hall–Kier alpha value is -1.96. The van der Waals surface area contributed by atoms with Crippen molar-refractivity contribution in [3.8, 4) is 11.9 Å². The van der Waals surface area contributed by atoms with Crippen LogP contribution in [0.25, 0.3) is 0 Å². The molecule has 118 valence electrons. The van der Waals surface area contributed by atoms with E-state index in [4.69, 9.17) is 10.00 Å². The van der Waals surface area contributed by atoms with E-state index in [2.05, 4.69) is 22.1 Å². The van der Waals surface area contributed by atoms with Gasteiger partial charge in [-0.05, 0) is 50.2 Å². The van der Waals surface area contributed by atoms with Crippen LogP contribution in [0.5, 0.6) is 5.75 Å². The summed E-state index contributed by atoms with van der Waals surface area (Å²) in [5, 5.41) is 8.85. The molecule has 1 aromatic heterocycles. The second kappa shape index (κ2) is 7.35. The zero-order valence-corrected chi connectivity index (χ0v) is 13.1. The molecule has 0 N–H and O–H groups in total. The Morgan fingerprint density at radius 3 is 2.55 bits per heavy atom. The number of rotatable bonds is 4. The van der Waals surface area contributed by atoms with Crippen molar-refractivity contribution in [2.45, 2.75) is 32.1 Å². The molecule has 2 aliphatic heterocycles. The van der Waals surface area contributed by atoms with Gasteiger partial charge in [-0.15, -0.1) is 0 Å². The van der Waals surface area contributed by atoms with Crippen molar-refractivity contribution in [1.29, 1.82) is 5.26 Å². The molecule has 22 heavy (non-hydrogen) atoms. The van der Waals surface area contributed by atoms with Crippen molar-refractivity contribution in [1.82, 2.24) is 9.88 Å². The number of likely N-dealkylation sites (tertiary alicyclic amines) is 1. The molecule has 0 amide bonds. The quantitative estimate of drug-likeness (QED) is 0.800. The van der Waals surface area contributed by atoms with Crippen LogP contribution >= 0.6 is 0 Å². The lowest BCUT2D eigenvalue weighted by atomic mass is 9.98. The third kappa shape index (κ3) is 3.82. The summed E-state index contributed by atoms with van der Waals surface area (Å²) in [6, 6.07) is 4.10. The number of piperidine rings is 2. The Morgan fingerprint density at radius 1 is 1.14 bits per heavy atom. The molecule has 3 rings (SSSR count). The predicted octanol–water partition coefficient (Wildman–Crippen LogP) is 2.64. The van der Waals surface area contributed by atoms with Gasteiger partial charge in [0.2, 0.25) is 0 Å². The number of pyridine rings is 1. The van der Waals surface area contributed by atoms with Crippen molar-refractivity contribution in [3.05, 3.63) is 18.3 Å². The highest BCUT2D eigenvalue weighted by Gasteiger charge is 2.19. The molecule has 0 saturated carbocycles. The highest BCUT2D eigenvalue weighted by atomic mass is 16.5. The van der Waals surface area contributed by atoms with Crippen LogP contribution in [0.1, 0.15) is 32.1 Å². The second-order valence-corrected chi connectivity index (χ2v) is 6.24. The molecule has 2 aliphatic rings. The van der Waals surface area contributed by atoms with Gasteiger partial charge >= 0.3 is 0 Å². The minimum Gasteiger partial charge on any atom is -0.492 e. The molecule has 1 aromatic rings. The minimum atomic E-state index is 0.548. The third-order valence-corrected chi connectivity index (χ3v) is 4.64. The summed E-state index contributed by atoms with van der Waals surface area (Å²) in [7, 11) is 0. The predicted molar refractivity (Wildman–Crippen MR) is 85.7 cm³/mol. The number of hydrogen-bond donors (Lipinski definition) is 0. The van der Waals surface area contributed by atoms with Gasteiger partial charge in [0.05, 0.1) is 12.8 Å². The van der Waals surface area contributed by atoms with Crippen LogP contribution in [0, 0.1) is 17.4 Å². The van der Waals surface area contributed by atoms with E-state index < -0.39 is 0 Å². The first-order chi connectivity index (χ1) is 10.8. The van der Waals surface area contributed by atoms with E-state index in [0.717, 1.165) is 57.2 Å². The van der Waals surface area contributed by atoms with E-state index in [9.17, 15) is 0 Å². The van der Waals surface area contributed by atoms with Crippen LogP contribution in [-0.2, 0) is 0 Å². The van der Waals surface area contributed by atoms with Crippen molar-refractivity contribution in [3.63, 3.8) is 0 Å². The number of nitriles is 1. The number of hydrogen-bond acceptors (Lipinski definition) is 5. The number of anilines is 1. The molecule has 2 fully saturated rings. The molecule has 0 atom stereocenters. The van der Waals surface area contributed by atoms with Gasteiger partial charge in [0.1, 0.15) is 11.6 Å². The molecular weight excluding hydrogens is 276 g/mol. The van der Waals surface area contributed by atoms with Crippen LogP contribution in [0.2, 0.25) is 0 Å². The SMILES string of the molecule is N#CN1CCC(COc2ccc(N3CCCCC3)nc2)CC1. The Morgan fingerprint density at radius 2 is 1.91 bits per heavy atom. The maximum Gasteiger partial charge on any atom is 0.179 e.